The second kappa shape index (κ2) is 5.25. The van der Waals surface area contributed by atoms with Gasteiger partial charge in [-0.2, -0.15) is 0 Å². The molecule has 0 N–H and O–H groups in total. The SMILES string of the molecule is CCC(CC(C)C)(C(=O)Br)C(=O)Br. The quantitative estimate of drug-likeness (QED) is 0.576. The van der Waals surface area contributed by atoms with Crippen molar-refractivity contribution in [2.75, 3.05) is 0 Å². The highest BCUT2D eigenvalue weighted by Crippen LogP contribution is 2.36. The van der Waals surface area contributed by atoms with Crippen LogP contribution < -0.4 is 0 Å². The van der Waals surface area contributed by atoms with E-state index in [4.69, 9.17) is 0 Å². The Hall–Kier alpha value is 0.300. The van der Waals surface area contributed by atoms with E-state index in [1.54, 1.807) is 0 Å². The van der Waals surface area contributed by atoms with Crippen LogP contribution in [0, 0.1) is 11.3 Å². The van der Waals surface area contributed by atoms with E-state index in [-0.39, 0.29) is 9.39 Å². The minimum Gasteiger partial charge on any atom is -0.286 e. The van der Waals surface area contributed by atoms with Crippen LogP contribution in [0.4, 0.5) is 0 Å². The zero-order chi connectivity index (χ0) is 10.6. The second-order valence-corrected chi connectivity index (χ2v) is 5.02. The zero-order valence-corrected chi connectivity index (χ0v) is 11.2. The summed E-state index contributed by atoms with van der Waals surface area (Å²) < 4.78 is -0.448. The number of carbonyl (C=O) groups is 2. The van der Waals surface area contributed by atoms with E-state index in [1.807, 2.05) is 20.8 Å². The molecule has 0 bridgehead atoms. The Bertz CT molecular complexity index is 198. The summed E-state index contributed by atoms with van der Waals surface area (Å²) in [6.07, 6.45) is 1.11. The van der Waals surface area contributed by atoms with Crippen molar-refractivity contribution < 1.29 is 9.59 Å². The number of hydrogen-bond donors (Lipinski definition) is 0. The fraction of sp³-hybridized carbons (Fsp3) is 0.778. The third kappa shape index (κ3) is 3.17. The first kappa shape index (κ1) is 13.3. The van der Waals surface area contributed by atoms with Crippen molar-refractivity contribution in [3.8, 4) is 0 Å². The fourth-order valence-corrected chi connectivity index (χ4v) is 2.87. The van der Waals surface area contributed by atoms with Crippen molar-refractivity contribution in [2.24, 2.45) is 11.3 Å². The minimum absolute atomic E-state index is 0.224. The molecule has 4 heteroatoms. The van der Waals surface area contributed by atoms with Gasteiger partial charge in [0.2, 0.25) is 9.39 Å². The lowest BCUT2D eigenvalue weighted by molar-refractivity contribution is -0.130. The van der Waals surface area contributed by atoms with E-state index < -0.39 is 5.41 Å². The molecule has 13 heavy (non-hydrogen) atoms. The van der Waals surface area contributed by atoms with E-state index >= 15 is 0 Å². The molecule has 0 amide bonds. The van der Waals surface area contributed by atoms with Crippen LogP contribution in [0.2, 0.25) is 0 Å². The predicted molar refractivity (Wildman–Crippen MR) is 60.0 cm³/mol. The first-order chi connectivity index (χ1) is 5.86. The van der Waals surface area contributed by atoms with Crippen molar-refractivity contribution in [1.82, 2.24) is 0 Å². The lowest BCUT2D eigenvalue weighted by Gasteiger charge is -2.26. The van der Waals surface area contributed by atoms with Gasteiger partial charge in [-0.1, -0.05) is 20.8 Å². The van der Waals surface area contributed by atoms with Gasteiger partial charge in [0.05, 0.1) is 0 Å². The zero-order valence-electron chi connectivity index (χ0n) is 8.06. The molecule has 0 aliphatic carbocycles. The van der Waals surface area contributed by atoms with Gasteiger partial charge in [0.1, 0.15) is 5.41 Å². The molecule has 0 aromatic carbocycles. The predicted octanol–water partition coefficient (Wildman–Crippen LogP) is 3.27. The van der Waals surface area contributed by atoms with E-state index in [9.17, 15) is 9.59 Å². The van der Waals surface area contributed by atoms with E-state index in [2.05, 4.69) is 31.9 Å². The Labute approximate surface area is 95.7 Å². The molecule has 0 aliphatic rings. The number of rotatable bonds is 5. The summed E-state index contributed by atoms with van der Waals surface area (Å²) >= 11 is 5.80. The fourth-order valence-electron chi connectivity index (χ4n) is 1.36. The van der Waals surface area contributed by atoms with Crippen molar-refractivity contribution in [2.45, 2.75) is 33.6 Å². The summed E-state index contributed by atoms with van der Waals surface area (Å²) in [4.78, 5) is 22.7. The van der Waals surface area contributed by atoms with Crippen LogP contribution in [0.3, 0.4) is 0 Å². The van der Waals surface area contributed by atoms with Gasteiger partial charge >= 0.3 is 0 Å². The van der Waals surface area contributed by atoms with Gasteiger partial charge in [-0.3, -0.25) is 9.59 Å². The molecule has 0 rings (SSSR count). The Morgan fingerprint density at radius 3 is 1.69 bits per heavy atom. The van der Waals surface area contributed by atoms with Crippen LogP contribution in [0.5, 0.6) is 0 Å². The summed E-state index contributed by atoms with van der Waals surface area (Å²) in [6, 6.07) is 0. The number of halogens is 2. The van der Waals surface area contributed by atoms with Gasteiger partial charge in [-0.15, -0.1) is 0 Å². The molecule has 0 radical (unpaired) electrons. The molecule has 0 heterocycles. The molecule has 0 aliphatic heterocycles. The van der Waals surface area contributed by atoms with E-state index in [1.165, 1.54) is 0 Å². The molecule has 0 aromatic heterocycles. The molecule has 0 unspecified atom stereocenters. The maximum atomic E-state index is 11.3. The van der Waals surface area contributed by atoms with Crippen LogP contribution in [-0.2, 0) is 9.59 Å². The van der Waals surface area contributed by atoms with Gasteiger partial charge in [0, 0.05) is 0 Å². The molecule has 2 nitrogen and oxygen atoms in total. The van der Waals surface area contributed by atoms with E-state index in [0.29, 0.717) is 18.8 Å². The normalized spacial score (nSPS) is 11.8. The van der Waals surface area contributed by atoms with Crippen LogP contribution in [0.15, 0.2) is 0 Å². The lowest BCUT2D eigenvalue weighted by Crippen LogP contribution is -2.34. The molecule has 0 fully saturated rings. The molecule has 0 atom stereocenters. The Balaban J connectivity index is 4.87. The van der Waals surface area contributed by atoms with Gasteiger partial charge in [-0.25, -0.2) is 0 Å². The van der Waals surface area contributed by atoms with Crippen LogP contribution in [0.25, 0.3) is 0 Å². The molecule has 0 aromatic rings. The second-order valence-electron chi connectivity index (χ2n) is 3.58. The first-order valence-corrected chi connectivity index (χ1v) is 5.85. The molecule has 0 saturated heterocycles. The largest absolute Gasteiger partial charge is 0.286 e. The van der Waals surface area contributed by atoms with Gasteiger partial charge in [0.15, 0.2) is 0 Å². The smallest absolute Gasteiger partial charge is 0.212 e. The average Bonchev–Trinajstić information content (AvgIpc) is 1.98. The van der Waals surface area contributed by atoms with Crippen molar-refractivity contribution in [1.29, 1.82) is 0 Å². The summed E-state index contributed by atoms with van der Waals surface area (Å²) in [6.45, 7) is 5.84. The third-order valence-corrected chi connectivity index (χ3v) is 3.63. The van der Waals surface area contributed by atoms with Gasteiger partial charge in [-0.05, 0) is 50.6 Å². The van der Waals surface area contributed by atoms with E-state index in [0.717, 1.165) is 0 Å². The van der Waals surface area contributed by atoms with Gasteiger partial charge in [0.25, 0.3) is 0 Å². The van der Waals surface area contributed by atoms with Crippen molar-refractivity contribution in [3.63, 3.8) is 0 Å². The highest BCUT2D eigenvalue weighted by atomic mass is 79.9. The molecule has 76 valence electrons. The molecular weight excluding hydrogens is 300 g/mol. The van der Waals surface area contributed by atoms with Gasteiger partial charge < -0.3 is 0 Å². The summed E-state index contributed by atoms with van der Waals surface area (Å²) in [5, 5.41) is 0. The Kier molecular flexibility index (Phi) is 5.37. The highest BCUT2D eigenvalue weighted by Gasteiger charge is 2.41. The summed E-state index contributed by atoms with van der Waals surface area (Å²) in [7, 11) is 0. The number of carbonyl (C=O) groups excluding carboxylic acids is 2. The average molecular weight is 314 g/mol. The Morgan fingerprint density at radius 1 is 1.23 bits per heavy atom. The topological polar surface area (TPSA) is 34.1 Å². The summed E-state index contributed by atoms with van der Waals surface area (Å²) in [5.41, 5.74) is -0.881. The molecular formula is C9H14Br2O2. The van der Waals surface area contributed by atoms with Crippen LogP contribution in [0.1, 0.15) is 33.6 Å². The van der Waals surface area contributed by atoms with Crippen molar-refractivity contribution >= 4 is 41.2 Å². The monoisotopic (exact) mass is 312 g/mol. The first-order valence-electron chi connectivity index (χ1n) is 4.26. The lowest BCUT2D eigenvalue weighted by atomic mass is 9.80. The minimum atomic E-state index is -0.881. The third-order valence-electron chi connectivity index (χ3n) is 2.11. The van der Waals surface area contributed by atoms with Crippen LogP contribution in [-0.4, -0.2) is 9.39 Å². The maximum absolute atomic E-state index is 11.3. The number of hydrogen-bond acceptors (Lipinski definition) is 2. The Morgan fingerprint density at radius 2 is 1.62 bits per heavy atom. The maximum Gasteiger partial charge on any atom is 0.212 e. The standard InChI is InChI=1S/C9H14Br2O2/c1-4-9(7(10)12,8(11)13)5-6(2)3/h6H,4-5H2,1-3H3. The van der Waals surface area contributed by atoms with Crippen LogP contribution >= 0.6 is 31.9 Å². The van der Waals surface area contributed by atoms with Crippen molar-refractivity contribution in [3.05, 3.63) is 0 Å². The molecule has 0 saturated carbocycles. The summed E-state index contributed by atoms with van der Waals surface area (Å²) in [5.74, 6) is 0.322. The molecule has 0 spiro atoms. The highest BCUT2D eigenvalue weighted by molar-refractivity contribution is 9.19.